The molecule has 2 aromatic carbocycles. The molecule has 1 aliphatic carbocycles. The van der Waals surface area contributed by atoms with Gasteiger partial charge in [-0.2, -0.15) is 0 Å². The SMILES string of the molecule is Nc1ccc(N2CCN(C3CCCCC3)CC2)c(F)c1.O=C(O)N1CCC(Nc2ncc(F)c(-c3cccc(-n4ccccc4=O)c3)n2)CC1. The van der Waals surface area contributed by atoms with Gasteiger partial charge < -0.3 is 26.0 Å². The number of halogens is 2. The van der Waals surface area contributed by atoms with E-state index in [-0.39, 0.29) is 29.1 Å². The number of benzene rings is 2. The number of piperidine rings is 1. The summed E-state index contributed by atoms with van der Waals surface area (Å²) in [6.07, 6.45) is 9.90. The van der Waals surface area contributed by atoms with E-state index < -0.39 is 11.9 Å². The van der Waals surface area contributed by atoms with Gasteiger partial charge in [0.05, 0.1) is 11.9 Å². The van der Waals surface area contributed by atoms with E-state index in [9.17, 15) is 18.4 Å². The summed E-state index contributed by atoms with van der Waals surface area (Å²) in [5, 5.41) is 12.2. The summed E-state index contributed by atoms with van der Waals surface area (Å²) in [4.78, 5) is 37.6. The first-order valence-electron chi connectivity index (χ1n) is 17.3. The third kappa shape index (κ3) is 8.57. The van der Waals surface area contributed by atoms with Crippen molar-refractivity contribution < 1.29 is 18.7 Å². The molecule has 11 nitrogen and oxygen atoms in total. The number of aromatic nitrogens is 3. The van der Waals surface area contributed by atoms with Crippen LogP contribution in [0.15, 0.2) is 77.9 Å². The maximum atomic E-state index is 14.5. The van der Waals surface area contributed by atoms with Crippen molar-refractivity contribution in [2.75, 3.05) is 55.2 Å². The normalized spacial score (nSPS) is 17.6. The summed E-state index contributed by atoms with van der Waals surface area (Å²) in [6, 6.07) is 17.6. The molecule has 50 heavy (non-hydrogen) atoms. The number of carboxylic acid groups (broad SMARTS) is 1. The van der Waals surface area contributed by atoms with E-state index >= 15 is 0 Å². The Hall–Kier alpha value is -5.04. The molecule has 4 N–H and O–H groups in total. The molecule has 4 heterocycles. The molecule has 13 heteroatoms. The topological polar surface area (TPSA) is 133 Å². The zero-order chi connectivity index (χ0) is 35.0. The lowest BCUT2D eigenvalue weighted by Crippen LogP contribution is -2.51. The Kier molecular flexibility index (Phi) is 11.2. The number of nitrogens with one attached hydrogen (secondary N) is 1. The van der Waals surface area contributed by atoms with Crippen LogP contribution in [0.25, 0.3) is 16.9 Å². The smallest absolute Gasteiger partial charge is 0.407 e. The highest BCUT2D eigenvalue weighted by Gasteiger charge is 2.26. The second kappa shape index (κ2) is 16.1. The molecule has 0 atom stereocenters. The molecule has 0 unspecified atom stereocenters. The number of amides is 1. The monoisotopic (exact) mass is 686 g/mol. The molecule has 2 aromatic heterocycles. The molecule has 7 rings (SSSR count). The number of anilines is 3. The van der Waals surface area contributed by atoms with Crippen LogP contribution in [0, 0.1) is 11.6 Å². The molecular weight excluding hydrogens is 642 g/mol. The first-order valence-corrected chi connectivity index (χ1v) is 17.3. The lowest BCUT2D eigenvalue weighted by Gasteiger charge is -2.41. The van der Waals surface area contributed by atoms with Crippen LogP contribution in [0.1, 0.15) is 44.9 Å². The fourth-order valence-corrected chi connectivity index (χ4v) is 7.03. The third-order valence-electron chi connectivity index (χ3n) is 9.78. The van der Waals surface area contributed by atoms with Crippen molar-refractivity contribution in [2.45, 2.75) is 57.0 Å². The van der Waals surface area contributed by atoms with Crippen LogP contribution in [-0.4, -0.2) is 86.9 Å². The highest BCUT2D eigenvalue weighted by molar-refractivity contribution is 5.65. The predicted molar refractivity (Wildman–Crippen MR) is 191 cm³/mol. The number of nitrogens with two attached hydrogens (primary N) is 1. The van der Waals surface area contributed by atoms with Gasteiger partial charge in [0.1, 0.15) is 11.5 Å². The van der Waals surface area contributed by atoms with Crippen LogP contribution in [0.5, 0.6) is 0 Å². The van der Waals surface area contributed by atoms with Gasteiger partial charge in [-0.25, -0.2) is 23.5 Å². The summed E-state index contributed by atoms with van der Waals surface area (Å²) in [5.74, 6) is -0.489. The number of likely N-dealkylation sites (tertiary alicyclic amines) is 1. The minimum absolute atomic E-state index is 0.00754. The number of nitrogen functional groups attached to an aromatic ring is 1. The second-order valence-corrected chi connectivity index (χ2v) is 13.1. The van der Waals surface area contributed by atoms with Crippen molar-refractivity contribution in [3.63, 3.8) is 0 Å². The first-order chi connectivity index (χ1) is 24.2. The van der Waals surface area contributed by atoms with Gasteiger partial charge in [-0.1, -0.05) is 37.5 Å². The van der Waals surface area contributed by atoms with Gasteiger partial charge in [0, 0.05) is 80.6 Å². The summed E-state index contributed by atoms with van der Waals surface area (Å²) < 4.78 is 29.9. The van der Waals surface area contributed by atoms with Gasteiger partial charge in [-0.05, 0) is 62.1 Å². The van der Waals surface area contributed by atoms with Crippen LogP contribution in [0.4, 0.5) is 30.9 Å². The number of pyridine rings is 1. The van der Waals surface area contributed by atoms with Crippen molar-refractivity contribution in [1.82, 2.24) is 24.3 Å². The van der Waals surface area contributed by atoms with Crippen molar-refractivity contribution in [1.29, 1.82) is 0 Å². The summed E-state index contributed by atoms with van der Waals surface area (Å²) >= 11 is 0. The molecule has 1 amide bonds. The fraction of sp³-hybridized carbons (Fsp3) is 0.405. The maximum Gasteiger partial charge on any atom is 0.407 e. The Morgan fingerprint density at radius 1 is 0.860 bits per heavy atom. The first kappa shape index (κ1) is 34.8. The maximum absolute atomic E-state index is 14.5. The van der Waals surface area contributed by atoms with E-state index in [1.165, 1.54) is 53.7 Å². The zero-order valence-corrected chi connectivity index (χ0v) is 28.1. The number of piperazine rings is 1. The fourth-order valence-electron chi connectivity index (χ4n) is 7.03. The molecule has 1 saturated carbocycles. The van der Waals surface area contributed by atoms with Crippen LogP contribution in [0.3, 0.4) is 0 Å². The average molecular weight is 687 g/mol. The van der Waals surface area contributed by atoms with E-state index in [0.717, 1.165) is 38.4 Å². The van der Waals surface area contributed by atoms with Crippen LogP contribution in [0.2, 0.25) is 0 Å². The van der Waals surface area contributed by atoms with Crippen LogP contribution in [-0.2, 0) is 0 Å². The Morgan fingerprint density at radius 3 is 2.32 bits per heavy atom. The lowest BCUT2D eigenvalue weighted by molar-refractivity contribution is 0.133. The Bertz CT molecular complexity index is 1820. The molecule has 3 aliphatic rings. The third-order valence-corrected chi connectivity index (χ3v) is 9.78. The van der Waals surface area contributed by atoms with Gasteiger partial charge in [0.15, 0.2) is 5.82 Å². The second-order valence-electron chi connectivity index (χ2n) is 13.1. The Labute approximate surface area is 290 Å². The van der Waals surface area contributed by atoms with E-state index in [0.29, 0.717) is 48.6 Å². The minimum atomic E-state index is -0.925. The lowest BCUT2D eigenvalue weighted by atomic mass is 9.94. The quantitative estimate of drug-likeness (QED) is 0.214. The summed E-state index contributed by atoms with van der Waals surface area (Å²) in [6.45, 7) is 4.78. The minimum Gasteiger partial charge on any atom is -0.465 e. The Balaban J connectivity index is 0.000000187. The standard InChI is InChI=1S/C21H20FN5O3.C16H24FN3/c22-17-13-23-20(24-15-7-10-26(11-8-15)21(29)30)25-19(17)14-4-3-5-16(12-14)27-9-2-1-6-18(27)28;17-15-12-13(18)6-7-16(15)20-10-8-19(9-11-20)14-4-2-1-3-5-14/h1-6,9,12-13,15H,7-8,10-11H2,(H,29,30)(H,23,24,25);6-7,12,14H,1-5,8-11,18H2. The predicted octanol–water partition coefficient (Wildman–Crippen LogP) is 5.85. The number of nitrogens with zero attached hydrogens (tertiary/aromatic N) is 6. The highest BCUT2D eigenvalue weighted by atomic mass is 19.1. The van der Waals surface area contributed by atoms with E-state index in [1.54, 1.807) is 54.7 Å². The van der Waals surface area contributed by atoms with E-state index in [1.807, 2.05) is 0 Å². The molecule has 2 aliphatic heterocycles. The van der Waals surface area contributed by atoms with Gasteiger partial charge >= 0.3 is 6.09 Å². The molecule has 264 valence electrons. The van der Waals surface area contributed by atoms with Gasteiger partial charge in [-0.15, -0.1) is 0 Å². The molecule has 2 saturated heterocycles. The summed E-state index contributed by atoms with van der Waals surface area (Å²) in [5.41, 5.74) is 7.86. The van der Waals surface area contributed by atoms with Crippen LogP contribution < -0.4 is 21.5 Å². The average Bonchev–Trinajstić information content (AvgIpc) is 3.14. The van der Waals surface area contributed by atoms with Crippen LogP contribution >= 0.6 is 0 Å². The van der Waals surface area contributed by atoms with E-state index in [2.05, 4.69) is 25.1 Å². The van der Waals surface area contributed by atoms with E-state index in [4.69, 9.17) is 10.8 Å². The molecule has 0 spiro atoms. The highest BCUT2D eigenvalue weighted by Crippen LogP contribution is 2.27. The molecule has 0 radical (unpaired) electrons. The molecule has 4 aromatic rings. The molecule has 0 bridgehead atoms. The van der Waals surface area contributed by atoms with Crippen molar-refractivity contribution >= 4 is 23.4 Å². The number of hydrogen-bond acceptors (Lipinski definition) is 8. The van der Waals surface area contributed by atoms with Gasteiger partial charge in [-0.3, -0.25) is 14.3 Å². The molecular formula is C37H44F2N8O3. The number of carbonyl (C=O) groups is 1. The van der Waals surface area contributed by atoms with Gasteiger partial charge in [0.2, 0.25) is 5.95 Å². The Morgan fingerprint density at radius 2 is 1.62 bits per heavy atom. The van der Waals surface area contributed by atoms with Gasteiger partial charge in [0.25, 0.3) is 5.56 Å². The number of rotatable bonds is 6. The summed E-state index contributed by atoms with van der Waals surface area (Å²) in [7, 11) is 0. The van der Waals surface area contributed by atoms with Crippen molar-refractivity contribution in [3.05, 3.63) is 95.0 Å². The largest absolute Gasteiger partial charge is 0.465 e. The molecule has 3 fully saturated rings. The van der Waals surface area contributed by atoms with Crippen molar-refractivity contribution in [3.8, 4) is 16.9 Å². The van der Waals surface area contributed by atoms with Crippen molar-refractivity contribution in [2.24, 2.45) is 0 Å². The zero-order valence-electron chi connectivity index (χ0n) is 28.1. The number of hydrogen-bond donors (Lipinski definition) is 3.